The van der Waals surface area contributed by atoms with E-state index in [0.717, 1.165) is 16.6 Å². The average molecular weight is 232 g/mol. The maximum absolute atomic E-state index is 11.2. The van der Waals surface area contributed by atoms with Crippen molar-refractivity contribution in [2.24, 2.45) is 0 Å². The van der Waals surface area contributed by atoms with E-state index in [1.807, 2.05) is 29.7 Å². The fourth-order valence-electron chi connectivity index (χ4n) is 1.88. The lowest BCUT2D eigenvalue weighted by molar-refractivity contribution is -0.120. The Kier molecular flexibility index (Phi) is 2.99. The summed E-state index contributed by atoms with van der Waals surface area (Å²) >= 11 is 0. The predicted octanol–water partition coefficient (Wildman–Crippen LogP) is 1.06. The van der Waals surface area contributed by atoms with Gasteiger partial charge in [0.25, 0.3) is 0 Å². The summed E-state index contributed by atoms with van der Waals surface area (Å²) in [6, 6.07) is 5.93. The van der Waals surface area contributed by atoms with Crippen LogP contribution in [0.3, 0.4) is 0 Å². The third-order valence-corrected chi connectivity index (χ3v) is 2.85. The molecule has 0 spiro atoms. The van der Waals surface area contributed by atoms with Crippen molar-refractivity contribution in [2.75, 3.05) is 12.8 Å². The van der Waals surface area contributed by atoms with E-state index in [-0.39, 0.29) is 5.91 Å². The SMILES string of the molecule is CNC(=O)CCn1c(N)nc2c(C)cccc21. The second-order valence-electron chi connectivity index (χ2n) is 3.99. The van der Waals surface area contributed by atoms with E-state index in [2.05, 4.69) is 10.3 Å². The number of carbonyl (C=O) groups excluding carboxylic acids is 1. The van der Waals surface area contributed by atoms with Gasteiger partial charge < -0.3 is 15.6 Å². The molecule has 0 saturated heterocycles. The topological polar surface area (TPSA) is 72.9 Å². The summed E-state index contributed by atoms with van der Waals surface area (Å²) in [5, 5.41) is 2.59. The summed E-state index contributed by atoms with van der Waals surface area (Å²) in [6.45, 7) is 2.54. The Balaban J connectivity index is 2.37. The molecule has 0 unspecified atom stereocenters. The van der Waals surface area contributed by atoms with Gasteiger partial charge in [-0.2, -0.15) is 0 Å². The fourth-order valence-corrected chi connectivity index (χ4v) is 1.88. The van der Waals surface area contributed by atoms with Crippen molar-refractivity contribution >= 4 is 22.9 Å². The molecule has 17 heavy (non-hydrogen) atoms. The van der Waals surface area contributed by atoms with Crippen molar-refractivity contribution in [3.8, 4) is 0 Å². The molecule has 0 aliphatic heterocycles. The van der Waals surface area contributed by atoms with Crippen LogP contribution >= 0.6 is 0 Å². The van der Waals surface area contributed by atoms with Crippen LogP contribution in [-0.4, -0.2) is 22.5 Å². The lowest BCUT2D eigenvalue weighted by Gasteiger charge is -2.05. The molecule has 2 rings (SSSR count). The van der Waals surface area contributed by atoms with Gasteiger partial charge in [-0.05, 0) is 18.6 Å². The third-order valence-electron chi connectivity index (χ3n) is 2.85. The summed E-state index contributed by atoms with van der Waals surface area (Å²) in [6.07, 6.45) is 0.403. The van der Waals surface area contributed by atoms with Gasteiger partial charge in [-0.15, -0.1) is 0 Å². The van der Waals surface area contributed by atoms with Crippen molar-refractivity contribution in [2.45, 2.75) is 19.9 Å². The molecule has 0 fully saturated rings. The molecule has 0 aliphatic carbocycles. The number of anilines is 1. The lowest BCUT2D eigenvalue weighted by Crippen LogP contribution is -2.19. The summed E-state index contributed by atoms with van der Waals surface area (Å²) in [7, 11) is 1.63. The highest BCUT2D eigenvalue weighted by Crippen LogP contribution is 2.21. The van der Waals surface area contributed by atoms with Crippen LogP contribution in [0.5, 0.6) is 0 Å². The standard InChI is InChI=1S/C12H16N4O/c1-8-4-3-5-9-11(8)15-12(13)16(9)7-6-10(17)14-2/h3-5H,6-7H2,1-2H3,(H2,13,15)(H,14,17). The Morgan fingerprint density at radius 3 is 3.00 bits per heavy atom. The maximum atomic E-state index is 11.2. The highest BCUT2D eigenvalue weighted by molar-refractivity contribution is 5.82. The minimum absolute atomic E-state index is 0.00102. The number of imidazole rings is 1. The second kappa shape index (κ2) is 4.45. The molecule has 1 amide bonds. The highest BCUT2D eigenvalue weighted by atomic mass is 16.1. The van der Waals surface area contributed by atoms with Gasteiger partial charge in [-0.25, -0.2) is 4.98 Å². The number of para-hydroxylation sites is 1. The number of aryl methyl sites for hydroxylation is 2. The minimum Gasteiger partial charge on any atom is -0.369 e. The van der Waals surface area contributed by atoms with Crippen LogP contribution in [0, 0.1) is 6.92 Å². The lowest BCUT2D eigenvalue weighted by atomic mass is 10.2. The van der Waals surface area contributed by atoms with E-state index in [9.17, 15) is 4.79 Å². The molecule has 2 aromatic rings. The summed E-state index contributed by atoms with van der Waals surface area (Å²) in [4.78, 5) is 15.6. The molecule has 5 nitrogen and oxygen atoms in total. The fraction of sp³-hybridized carbons (Fsp3) is 0.333. The number of benzene rings is 1. The molecule has 3 N–H and O–H groups in total. The van der Waals surface area contributed by atoms with Crippen molar-refractivity contribution < 1.29 is 4.79 Å². The number of nitrogens with two attached hydrogens (primary N) is 1. The number of nitrogens with one attached hydrogen (secondary N) is 1. The number of hydrogen-bond donors (Lipinski definition) is 2. The number of hydrogen-bond acceptors (Lipinski definition) is 3. The van der Waals surface area contributed by atoms with Gasteiger partial charge in [0.15, 0.2) is 0 Å². The number of nitrogens with zero attached hydrogens (tertiary/aromatic N) is 2. The smallest absolute Gasteiger partial charge is 0.221 e. The Morgan fingerprint density at radius 2 is 2.29 bits per heavy atom. The molecule has 0 bridgehead atoms. The van der Waals surface area contributed by atoms with Gasteiger partial charge in [-0.3, -0.25) is 4.79 Å². The number of nitrogen functional groups attached to an aromatic ring is 1. The molecule has 5 heteroatoms. The van der Waals surface area contributed by atoms with E-state index in [1.165, 1.54) is 0 Å². The number of rotatable bonds is 3. The quantitative estimate of drug-likeness (QED) is 0.831. The minimum atomic E-state index is -0.00102. The second-order valence-corrected chi connectivity index (χ2v) is 3.99. The van der Waals surface area contributed by atoms with E-state index in [4.69, 9.17) is 5.73 Å². The molecule has 1 aromatic carbocycles. The summed E-state index contributed by atoms with van der Waals surface area (Å²) < 4.78 is 1.87. The molecule has 0 atom stereocenters. The summed E-state index contributed by atoms with van der Waals surface area (Å²) in [5.74, 6) is 0.456. The van der Waals surface area contributed by atoms with Gasteiger partial charge in [0.2, 0.25) is 11.9 Å². The predicted molar refractivity (Wildman–Crippen MR) is 67.6 cm³/mol. The molecule has 0 radical (unpaired) electrons. The highest BCUT2D eigenvalue weighted by Gasteiger charge is 2.10. The van der Waals surface area contributed by atoms with Crippen LogP contribution < -0.4 is 11.1 Å². The van der Waals surface area contributed by atoms with Crippen LogP contribution in [0.1, 0.15) is 12.0 Å². The first-order chi connectivity index (χ1) is 8.13. The largest absolute Gasteiger partial charge is 0.369 e. The van der Waals surface area contributed by atoms with Crippen molar-refractivity contribution in [1.29, 1.82) is 0 Å². The Morgan fingerprint density at radius 1 is 1.53 bits per heavy atom. The number of carbonyl (C=O) groups is 1. The zero-order chi connectivity index (χ0) is 12.4. The maximum Gasteiger partial charge on any atom is 0.221 e. The first-order valence-corrected chi connectivity index (χ1v) is 5.55. The average Bonchev–Trinajstić information content (AvgIpc) is 2.64. The normalized spacial score (nSPS) is 10.7. The zero-order valence-electron chi connectivity index (χ0n) is 10.0. The monoisotopic (exact) mass is 232 g/mol. The van der Waals surface area contributed by atoms with Crippen molar-refractivity contribution in [1.82, 2.24) is 14.9 Å². The summed E-state index contributed by atoms with van der Waals surface area (Å²) in [5.41, 5.74) is 8.84. The Labute approximate surface area is 99.6 Å². The molecular formula is C12H16N4O. The van der Waals surface area contributed by atoms with Crippen LogP contribution in [0.2, 0.25) is 0 Å². The molecular weight excluding hydrogens is 216 g/mol. The van der Waals surface area contributed by atoms with Gasteiger partial charge in [0, 0.05) is 20.0 Å². The van der Waals surface area contributed by atoms with Crippen molar-refractivity contribution in [3.05, 3.63) is 23.8 Å². The van der Waals surface area contributed by atoms with Crippen LogP contribution in [0.15, 0.2) is 18.2 Å². The molecule has 0 saturated carbocycles. The molecule has 90 valence electrons. The first-order valence-electron chi connectivity index (χ1n) is 5.55. The van der Waals surface area contributed by atoms with Crippen LogP contribution in [0.4, 0.5) is 5.95 Å². The zero-order valence-corrected chi connectivity index (χ0v) is 10.0. The van der Waals surface area contributed by atoms with Gasteiger partial charge >= 0.3 is 0 Å². The molecule has 0 aliphatic rings. The van der Waals surface area contributed by atoms with E-state index >= 15 is 0 Å². The van der Waals surface area contributed by atoms with E-state index in [0.29, 0.717) is 18.9 Å². The third kappa shape index (κ3) is 2.08. The van der Waals surface area contributed by atoms with Gasteiger partial charge in [-0.1, -0.05) is 12.1 Å². The molecule has 1 heterocycles. The Hall–Kier alpha value is -2.04. The molecule has 1 aromatic heterocycles. The van der Waals surface area contributed by atoms with Gasteiger partial charge in [0.05, 0.1) is 11.0 Å². The Bertz CT molecular complexity index is 559. The van der Waals surface area contributed by atoms with Crippen molar-refractivity contribution in [3.63, 3.8) is 0 Å². The number of amides is 1. The first kappa shape index (κ1) is 11.4. The van der Waals surface area contributed by atoms with E-state index < -0.39 is 0 Å². The number of aromatic nitrogens is 2. The van der Waals surface area contributed by atoms with Crippen LogP contribution in [0.25, 0.3) is 11.0 Å². The van der Waals surface area contributed by atoms with Gasteiger partial charge in [0.1, 0.15) is 0 Å². The number of fused-ring (bicyclic) bond motifs is 1. The van der Waals surface area contributed by atoms with E-state index in [1.54, 1.807) is 7.05 Å². The van der Waals surface area contributed by atoms with Crippen LogP contribution in [-0.2, 0) is 11.3 Å².